The van der Waals surface area contributed by atoms with Crippen LogP contribution in [0.25, 0.3) is 0 Å². The molecule has 0 spiro atoms. The molecule has 0 aliphatic carbocycles. The van der Waals surface area contributed by atoms with Crippen LogP contribution >= 0.6 is 0 Å². The van der Waals surface area contributed by atoms with Crippen molar-refractivity contribution >= 4 is 11.8 Å². The molecule has 2 amide bonds. The number of hydrogen-bond donors (Lipinski definition) is 2. The van der Waals surface area contributed by atoms with E-state index in [2.05, 4.69) is 27.1 Å². The Balaban J connectivity index is 1.77. The number of nitrogens with zero attached hydrogens (tertiary/aromatic N) is 3. The van der Waals surface area contributed by atoms with Crippen LogP contribution in [0, 0.1) is 5.92 Å². The second-order valence-electron chi connectivity index (χ2n) is 5.46. The highest BCUT2D eigenvalue weighted by Gasteiger charge is 2.16. The second-order valence-corrected chi connectivity index (χ2v) is 5.46. The van der Waals surface area contributed by atoms with Gasteiger partial charge in [0.1, 0.15) is 11.4 Å². The summed E-state index contributed by atoms with van der Waals surface area (Å²) in [5.41, 5.74) is 5.30. The molecule has 0 bridgehead atoms. The molecule has 1 saturated heterocycles. The van der Waals surface area contributed by atoms with Gasteiger partial charge in [0.2, 0.25) is 0 Å². The van der Waals surface area contributed by atoms with E-state index in [0.717, 1.165) is 25.6 Å². The van der Waals surface area contributed by atoms with E-state index in [1.807, 2.05) is 0 Å². The van der Waals surface area contributed by atoms with E-state index in [4.69, 9.17) is 5.73 Å². The molecule has 1 aliphatic heterocycles. The third-order valence-electron chi connectivity index (χ3n) is 3.59. The average Bonchev–Trinajstić information content (AvgIpc) is 2.47. The van der Waals surface area contributed by atoms with Gasteiger partial charge < -0.3 is 16.0 Å². The number of carbonyl (C=O) groups excluding carboxylic acids is 2. The molecule has 1 aromatic heterocycles. The van der Waals surface area contributed by atoms with Crippen LogP contribution in [-0.4, -0.2) is 52.9 Å². The summed E-state index contributed by atoms with van der Waals surface area (Å²) in [7, 11) is 0. The van der Waals surface area contributed by atoms with E-state index in [9.17, 15) is 9.59 Å². The van der Waals surface area contributed by atoms with Gasteiger partial charge in [-0.2, -0.15) is 0 Å². The lowest BCUT2D eigenvalue weighted by Gasteiger charge is -2.30. The SMILES string of the molecule is CC1CCCN(CCNC(=O)c2cnc(C(N)=O)cn2)C1. The molecule has 2 heterocycles. The van der Waals surface area contributed by atoms with E-state index >= 15 is 0 Å². The molecule has 114 valence electrons. The molecule has 1 aromatic rings. The van der Waals surface area contributed by atoms with Gasteiger partial charge >= 0.3 is 0 Å². The molecule has 3 N–H and O–H groups in total. The van der Waals surface area contributed by atoms with Crippen molar-refractivity contribution in [3.05, 3.63) is 23.8 Å². The summed E-state index contributed by atoms with van der Waals surface area (Å²) in [6.07, 6.45) is 4.97. The molecular formula is C14H21N5O2. The normalized spacial score (nSPS) is 19.2. The first-order chi connectivity index (χ1) is 10.1. The number of aromatic nitrogens is 2. The summed E-state index contributed by atoms with van der Waals surface area (Å²) in [6, 6.07) is 0. The number of nitrogens with two attached hydrogens (primary N) is 1. The summed E-state index contributed by atoms with van der Waals surface area (Å²) in [5, 5.41) is 2.81. The number of primary amides is 1. The van der Waals surface area contributed by atoms with E-state index in [1.165, 1.54) is 25.2 Å². The highest BCUT2D eigenvalue weighted by atomic mass is 16.2. The third-order valence-corrected chi connectivity index (χ3v) is 3.59. The van der Waals surface area contributed by atoms with Crippen molar-refractivity contribution in [2.75, 3.05) is 26.2 Å². The lowest BCUT2D eigenvalue weighted by molar-refractivity contribution is 0.0935. The van der Waals surface area contributed by atoms with Gasteiger partial charge in [0.05, 0.1) is 12.4 Å². The van der Waals surface area contributed by atoms with Crippen LogP contribution in [0.1, 0.15) is 40.7 Å². The van der Waals surface area contributed by atoms with Crippen molar-refractivity contribution in [1.82, 2.24) is 20.2 Å². The maximum atomic E-state index is 11.9. The van der Waals surface area contributed by atoms with E-state index < -0.39 is 5.91 Å². The average molecular weight is 291 g/mol. The third kappa shape index (κ3) is 4.49. The number of amides is 2. The van der Waals surface area contributed by atoms with Gasteiger partial charge in [-0.15, -0.1) is 0 Å². The Morgan fingerprint density at radius 1 is 1.38 bits per heavy atom. The monoisotopic (exact) mass is 291 g/mol. The minimum absolute atomic E-state index is 0.0499. The Morgan fingerprint density at radius 2 is 2.10 bits per heavy atom. The molecule has 2 rings (SSSR count). The first-order valence-corrected chi connectivity index (χ1v) is 7.18. The predicted molar refractivity (Wildman–Crippen MR) is 77.7 cm³/mol. The number of piperidine rings is 1. The first-order valence-electron chi connectivity index (χ1n) is 7.18. The van der Waals surface area contributed by atoms with Gasteiger partial charge in [-0.25, -0.2) is 9.97 Å². The molecule has 7 heteroatoms. The summed E-state index contributed by atoms with van der Waals surface area (Å²) in [6.45, 7) is 5.84. The van der Waals surface area contributed by atoms with Crippen molar-refractivity contribution in [3.8, 4) is 0 Å². The number of rotatable bonds is 5. The zero-order valence-electron chi connectivity index (χ0n) is 12.2. The Morgan fingerprint density at radius 3 is 2.71 bits per heavy atom. The fourth-order valence-electron chi connectivity index (χ4n) is 2.48. The highest BCUT2D eigenvalue weighted by molar-refractivity contribution is 5.93. The molecule has 0 radical (unpaired) electrons. The number of hydrogen-bond acceptors (Lipinski definition) is 5. The molecule has 0 aromatic carbocycles. The van der Waals surface area contributed by atoms with Crippen LogP contribution in [0.2, 0.25) is 0 Å². The van der Waals surface area contributed by atoms with Crippen LogP contribution in [-0.2, 0) is 0 Å². The number of likely N-dealkylation sites (tertiary alicyclic amines) is 1. The van der Waals surface area contributed by atoms with Crippen molar-refractivity contribution in [3.63, 3.8) is 0 Å². The lowest BCUT2D eigenvalue weighted by Crippen LogP contribution is -2.40. The van der Waals surface area contributed by atoms with Gasteiger partial charge in [0.25, 0.3) is 11.8 Å². The van der Waals surface area contributed by atoms with Gasteiger partial charge in [-0.05, 0) is 25.3 Å². The highest BCUT2D eigenvalue weighted by Crippen LogP contribution is 2.14. The quantitative estimate of drug-likeness (QED) is 0.797. The summed E-state index contributed by atoms with van der Waals surface area (Å²) in [5.74, 6) is -0.223. The van der Waals surface area contributed by atoms with Crippen LogP contribution in [0.3, 0.4) is 0 Å². The van der Waals surface area contributed by atoms with Crippen molar-refractivity contribution in [2.24, 2.45) is 11.7 Å². The topological polar surface area (TPSA) is 101 Å². The Labute approximate surface area is 123 Å². The van der Waals surface area contributed by atoms with Crippen molar-refractivity contribution in [2.45, 2.75) is 19.8 Å². The standard InChI is InChI=1S/C14H21N5O2/c1-10-3-2-5-19(9-10)6-4-16-14(21)12-8-17-11(7-18-12)13(15)20/h7-8,10H,2-6,9H2,1H3,(H2,15,20)(H,16,21). The molecule has 1 fully saturated rings. The van der Waals surface area contributed by atoms with E-state index in [0.29, 0.717) is 6.54 Å². The van der Waals surface area contributed by atoms with Crippen LogP contribution in [0.5, 0.6) is 0 Å². The van der Waals surface area contributed by atoms with Crippen LogP contribution < -0.4 is 11.1 Å². The van der Waals surface area contributed by atoms with Gasteiger partial charge in [-0.3, -0.25) is 9.59 Å². The molecule has 7 nitrogen and oxygen atoms in total. The van der Waals surface area contributed by atoms with Gasteiger partial charge in [0.15, 0.2) is 0 Å². The largest absolute Gasteiger partial charge is 0.364 e. The maximum Gasteiger partial charge on any atom is 0.271 e. The number of carbonyl (C=O) groups is 2. The summed E-state index contributed by atoms with van der Waals surface area (Å²) < 4.78 is 0. The fourth-order valence-corrected chi connectivity index (χ4v) is 2.48. The van der Waals surface area contributed by atoms with E-state index in [1.54, 1.807) is 0 Å². The molecule has 1 atom stereocenters. The molecular weight excluding hydrogens is 270 g/mol. The minimum atomic E-state index is -0.659. The van der Waals surface area contributed by atoms with Gasteiger partial charge in [-0.1, -0.05) is 6.92 Å². The van der Waals surface area contributed by atoms with Crippen molar-refractivity contribution < 1.29 is 9.59 Å². The minimum Gasteiger partial charge on any atom is -0.364 e. The number of nitrogens with one attached hydrogen (secondary N) is 1. The summed E-state index contributed by atoms with van der Waals surface area (Å²) >= 11 is 0. The first kappa shape index (κ1) is 15.4. The molecule has 1 unspecified atom stereocenters. The zero-order valence-corrected chi connectivity index (χ0v) is 12.2. The van der Waals surface area contributed by atoms with Gasteiger partial charge in [0, 0.05) is 19.6 Å². The predicted octanol–water partition coefficient (Wildman–Crippen LogP) is 0.0372. The molecule has 1 aliphatic rings. The van der Waals surface area contributed by atoms with E-state index in [-0.39, 0.29) is 17.3 Å². The van der Waals surface area contributed by atoms with Crippen molar-refractivity contribution in [1.29, 1.82) is 0 Å². The van der Waals surface area contributed by atoms with Crippen LogP contribution in [0.15, 0.2) is 12.4 Å². The zero-order chi connectivity index (χ0) is 15.2. The Kier molecular flexibility index (Phi) is 5.21. The fraction of sp³-hybridized carbons (Fsp3) is 0.571. The van der Waals surface area contributed by atoms with Crippen LogP contribution in [0.4, 0.5) is 0 Å². The Hall–Kier alpha value is -2.02. The lowest BCUT2D eigenvalue weighted by atomic mass is 10.0. The Bertz CT molecular complexity index is 503. The molecule has 21 heavy (non-hydrogen) atoms. The maximum absolute atomic E-state index is 11.9. The molecule has 0 saturated carbocycles. The smallest absolute Gasteiger partial charge is 0.271 e. The summed E-state index contributed by atoms with van der Waals surface area (Å²) in [4.78, 5) is 32.8. The second kappa shape index (κ2) is 7.12.